The number of nitrogens with one attached hydrogen (secondary N) is 1. The largest absolute Gasteiger partial charge is 0.497 e. The molecule has 1 N–H and O–H groups in total. The van der Waals surface area contributed by atoms with Gasteiger partial charge in [-0.15, -0.1) is 0 Å². The van der Waals surface area contributed by atoms with Gasteiger partial charge in [0, 0.05) is 30.4 Å². The molecule has 0 bridgehead atoms. The van der Waals surface area contributed by atoms with Crippen molar-refractivity contribution in [2.75, 3.05) is 39.2 Å². The van der Waals surface area contributed by atoms with E-state index in [0.29, 0.717) is 0 Å². The van der Waals surface area contributed by atoms with Gasteiger partial charge in [-0.05, 0) is 62.2 Å². The van der Waals surface area contributed by atoms with Crippen molar-refractivity contribution in [3.8, 4) is 11.5 Å². The number of aryl methyl sites for hydroxylation is 1. The molecule has 0 amide bonds. The molecule has 158 valence electrons. The summed E-state index contributed by atoms with van der Waals surface area (Å²) in [7, 11) is 3.33. The van der Waals surface area contributed by atoms with Crippen molar-refractivity contribution in [1.82, 2.24) is 14.9 Å². The monoisotopic (exact) mass is 406 g/mol. The number of ether oxygens (including phenoxy) is 2. The van der Waals surface area contributed by atoms with Crippen LogP contribution in [0.4, 0.5) is 5.82 Å². The maximum atomic E-state index is 5.58. The van der Waals surface area contributed by atoms with Gasteiger partial charge >= 0.3 is 0 Å². The summed E-state index contributed by atoms with van der Waals surface area (Å²) in [4.78, 5) is 11.8. The Labute approximate surface area is 178 Å². The number of rotatable bonds is 7. The number of likely N-dealkylation sites (tertiary alicyclic amines) is 1. The number of nitrogens with zero attached hydrogens (tertiary/aromatic N) is 3. The van der Waals surface area contributed by atoms with E-state index in [1.54, 1.807) is 14.2 Å². The van der Waals surface area contributed by atoms with Crippen LogP contribution in [0.3, 0.4) is 0 Å². The van der Waals surface area contributed by atoms with Crippen molar-refractivity contribution in [3.05, 3.63) is 53.9 Å². The van der Waals surface area contributed by atoms with Crippen LogP contribution in [0.5, 0.6) is 11.5 Å². The number of methoxy groups -OCH3 is 2. The van der Waals surface area contributed by atoms with Crippen LogP contribution in [0.15, 0.2) is 42.7 Å². The predicted molar refractivity (Wildman–Crippen MR) is 120 cm³/mol. The Hall–Kier alpha value is -2.86. The highest BCUT2D eigenvalue weighted by atomic mass is 16.5. The predicted octanol–water partition coefficient (Wildman–Crippen LogP) is 4.59. The molecule has 2 aromatic heterocycles. The lowest BCUT2D eigenvalue weighted by atomic mass is 10.0. The Morgan fingerprint density at radius 2 is 1.93 bits per heavy atom. The summed E-state index contributed by atoms with van der Waals surface area (Å²) < 4.78 is 11.0. The molecule has 0 radical (unpaired) electrons. The van der Waals surface area contributed by atoms with Crippen LogP contribution in [-0.4, -0.2) is 48.7 Å². The molecule has 1 atom stereocenters. The van der Waals surface area contributed by atoms with Crippen LogP contribution < -0.4 is 14.8 Å². The first kappa shape index (κ1) is 20.4. The second-order valence-electron chi connectivity index (χ2n) is 7.83. The van der Waals surface area contributed by atoms with Gasteiger partial charge in [0.15, 0.2) is 0 Å². The topological polar surface area (TPSA) is 59.5 Å². The first-order chi connectivity index (χ1) is 14.7. The van der Waals surface area contributed by atoms with Gasteiger partial charge < -0.3 is 14.8 Å². The molecule has 30 heavy (non-hydrogen) atoms. The van der Waals surface area contributed by atoms with Gasteiger partial charge in [-0.25, -0.2) is 4.98 Å². The summed E-state index contributed by atoms with van der Waals surface area (Å²) in [6.45, 7) is 5.12. The van der Waals surface area contributed by atoms with E-state index in [1.165, 1.54) is 24.8 Å². The highest BCUT2D eigenvalue weighted by Gasteiger charge is 2.22. The van der Waals surface area contributed by atoms with E-state index in [9.17, 15) is 0 Å². The molecule has 1 saturated heterocycles. The van der Waals surface area contributed by atoms with Crippen molar-refractivity contribution in [2.24, 2.45) is 0 Å². The summed E-state index contributed by atoms with van der Waals surface area (Å²) in [6.07, 6.45) is 7.64. The van der Waals surface area contributed by atoms with Crippen molar-refractivity contribution < 1.29 is 9.47 Å². The summed E-state index contributed by atoms with van der Waals surface area (Å²) in [5.74, 6) is 2.34. The number of hydrogen-bond donors (Lipinski definition) is 1. The molecule has 1 fully saturated rings. The van der Waals surface area contributed by atoms with Gasteiger partial charge in [-0.1, -0.05) is 12.5 Å². The fourth-order valence-electron chi connectivity index (χ4n) is 4.26. The molecular weight excluding hydrogens is 376 g/mol. The minimum absolute atomic E-state index is 0.273. The number of anilines is 1. The fourth-order valence-corrected chi connectivity index (χ4v) is 4.26. The maximum Gasteiger partial charge on any atom is 0.148 e. The summed E-state index contributed by atoms with van der Waals surface area (Å²) >= 11 is 0. The SMILES string of the molecule is COc1cc(OC)c2nc(NC[C@@H](c3cccnc3)N3CCCCC3)cc(C)c2c1. The number of fused-ring (bicyclic) bond motifs is 1. The van der Waals surface area contributed by atoms with Crippen molar-refractivity contribution >= 4 is 16.7 Å². The molecule has 6 heteroatoms. The standard InChI is InChI=1S/C24H30N4O2/c1-17-12-23(27-24-20(17)13-19(29-2)14-22(24)30-3)26-16-21(18-8-7-9-25-15-18)28-10-5-4-6-11-28/h7-9,12-15,21H,4-6,10-11,16H2,1-3H3,(H,26,27)/t21-/m0/s1. The van der Waals surface area contributed by atoms with Crippen molar-refractivity contribution in [3.63, 3.8) is 0 Å². The molecule has 0 saturated carbocycles. The van der Waals surface area contributed by atoms with Gasteiger partial charge in [-0.2, -0.15) is 0 Å². The highest BCUT2D eigenvalue weighted by Crippen LogP contribution is 2.33. The molecule has 0 aliphatic carbocycles. The van der Waals surface area contributed by atoms with E-state index < -0.39 is 0 Å². The zero-order valence-corrected chi connectivity index (χ0v) is 18.0. The van der Waals surface area contributed by atoms with Crippen LogP contribution in [0, 0.1) is 6.92 Å². The summed E-state index contributed by atoms with van der Waals surface area (Å²) in [5.41, 5.74) is 3.22. The third-order valence-corrected chi connectivity index (χ3v) is 5.89. The van der Waals surface area contributed by atoms with Crippen LogP contribution in [-0.2, 0) is 0 Å². The highest BCUT2D eigenvalue weighted by molar-refractivity contribution is 5.90. The molecular formula is C24H30N4O2. The zero-order valence-electron chi connectivity index (χ0n) is 18.0. The van der Waals surface area contributed by atoms with Gasteiger partial charge in [0.05, 0.1) is 20.3 Å². The lowest BCUT2D eigenvalue weighted by molar-refractivity contribution is 0.170. The average Bonchev–Trinajstić information content (AvgIpc) is 2.80. The molecule has 1 aliphatic rings. The molecule has 0 unspecified atom stereocenters. The Kier molecular flexibility index (Phi) is 6.33. The van der Waals surface area contributed by atoms with E-state index in [2.05, 4.69) is 34.3 Å². The normalized spacial score (nSPS) is 15.7. The van der Waals surface area contributed by atoms with Gasteiger partial charge in [0.1, 0.15) is 22.8 Å². The molecule has 4 rings (SSSR count). The summed E-state index contributed by atoms with van der Waals surface area (Å²) in [5, 5.41) is 4.62. The second-order valence-corrected chi connectivity index (χ2v) is 7.83. The average molecular weight is 407 g/mol. The van der Waals surface area contributed by atoms with Crippen molar-refractivity contribution in [2.45, 2.75) is 32.2 Å². The second kappa shape index (κ2) is 9.30. The third kappa shape index (κ3) is 4.33. The molecule has 3 aromatic rings. The minimum Gasteiger partial charge on any atom is -0.497 e. The van der Waals surface area contributed by atoms with Gasteiger partial charge in [-0.3, -0.25) is 9.88 Å². The van der Waals surface area contributed by atoms with Crippen molar-refractivity contribution in [1.29, 1.82) is 0 Å². The smallest absolute Gasteiger partial charge is 0.148 e. The Morgan fingerprint density at radius 3 is 2.63 bits per heavy atom. The van der Waals surface area contributed by atoms with Crippen LogP contribution in [0.1, 0.15) is 36.4 Å². The van der Waals surface area contributed by atoms with E-state index >= 15 is 0 Å². The number of pyridine rings is 2. The van der Waals surface area contributed by atoms with E-state index in [4.69, 9.17) is 14.5 Å². The Balaban J connectivity index is 1.62. The molecule has 1 aliphatic heterocycles. The first-order valence-electron chi connectivity index (χ1n) is 10.6. The maximum absolute atomic E-state index is 5.58. The Morgan fingerprint density at radius 1 is 1.10 bits per heavy atom. The zero-order chi connectivity index (χ0) is 20.9. The van der Waals surface area contributed by atoms with E-state index in [1.807, 2.05) is 30.6 Å². The number of piperidine rings is 1. The molecule has 3 heterocycles. The lowest BCUT2D eigenvalue weighted by Crippen LogP contribution is -2.37. The number of aromatic nitrogens is 2. The molecule has 6 nitrogen and oxygen atoms in total. The van der Waals surface area contributed by atoms with E-state index in [0.717, 1.165) is 53.4 Å². The van der Waals surface area contributed by atoms with Crippen LogP contribution in [0.25, 0.3) is 10.9 Å². The van der Waals surface area contributed by atoms with Crippen LogP contribution >= 0.6 is 0 Å². The molecule has 1 aromatic carbocycles. The van der Waals surface area contributed by atoms with Crippen LogP contribution in [0.2, 0.25) is 0 Å². The molecule has 0 spiro atoms. The minimum atomic E-state index is 0.273. The van der Waals surface area contributed by atoms with Gasteiger partial charge in [0.25, 0.3) is 0 Å². The Bertz CT molecular complexity index is 987. The fraction of sp³-hybridized carbons (Fsp3) is 0.417. The quantitative estimate of drug-likeness (QED) is 0.619. The van der Waals surface area contributed by atoms with E-state index in [-0.39, 0.29) is 6.04 Å². The number of benzene rings is 1. The summed E-state index contributed by atoms with van der Waals surface area (Å²) in [6, 6.07) is 10.4. The first-order valence-corrected chi connectivity index (χ1v) is 10.6. The number of hydrogen-bond acceptors (Lipinski definition) is 6. The third-order valence-electron chi connectivity index (χ3n) is 5.89. The van der Waals surface area contributed by atoms with Gasteiger partial charge in [0.2, 0.25) is 0 Å². The lowest BCUT2D eigenvalue weighted by Gasteiger charge is -2.35.